The maximum absolute atomic E-state index is 13.2. The lowest BCUT2D eigenvalue weighted by atomic mass is 9.77. The lowest BCUT2D eigenvalue weighted by Gasteiger charge is -2.36. The number of fused-ring (bicyclic) bond motifs is 1. The summed E-state index contributed by atoms with van der Waals surface area (Å²) < 4.78 is 16.9. The van der Waals surface area contributed by atoms with Crippen molar-refractivity contribution < 1.29 is 29.2 Å². The van der Waals surface area contributed by atoms with Gasteiger partial charge in [-0.3, -0.25) is 4.79 Å². The molecule has 1 aliphatic carbocycles. The van der Waals surface area contributed by atoms with Crippen molar-refractivity contribution in [3.63, 3.8) is 0 Å². The molecule has 6 nitrogen and oxygen atoms in total. The van der Waals surface area contributed by atoms with E-state index >= 15 is 0 Å². The van der Waals surface area contributed by atoms with Crippen LogP contribution in [0.1, 0.15) is 44.2 Å². The zero-order chi connectivity index (χ0) is 20.4. The van der Waals surface area contributed by atoms with Gasteiger partial charge in [0.2, 0.25) is 0 Å². The van der Waals surface area contributed by atoms with Crippen molar-refractivity contribution in [3.05, 3.63) is 35.1 Å². The van der Waals surface area contributed by atoms with Crippen molar-refractivity contribution in [3.8, 4) is 17.2 Å². The van der Waals surface area contributed by atoms with E-state index in [1.54, 1.807) is 0 Å². The average molecular weight is 388 g/mol. The van der Waals surface area contributed by atoms with Crippen molar-refractivity contribution in [1.82, 2.24) is 0 Å². The van der Waals surface area contributed by atoms with Gasteiger partial charge in [0.05, 0.1) is 43.6 Å². The summed E-state index contributed by atoms with van der Waals surface area (Å²) in [5.74, 6) is 0.406. The summed E-state index contributed by atoms with van der Waals surface area (Å²) in [5, 5.41) is 20.5. The Balaban J connectivity index is 2.09. The molecule has 0 radical (unpaired) electrons. The quantitative estimate of drug-likeness (QED) is 0.752. The zero-order valence-electron chi connectivity index (χ0n) is 16.8. The van der Waals surface area contributed by atoms with Crippen LogP contribution < -0.4 is 9.47 Å². The molecule has 6 heteroatoms. The molecule has 152 valence electrons. The highest BCUT2D eigenvalue weighted by Crippen LogP contribution is 2.46. The van der Waals surface area contributed by atoms with Gasteiger partial charge in [0.1, 0.15) is 23.4 Å². The fraction of sp³-hybridized carbons (Fsp3) is 0.500. The number of carbonyl (C=O) groups is 1. The Bertz CT molecular complexity index is 819. The number of aliphatic hydroxyl groups excluding tert-OH is 1. The highest BCUT2D eigenvalue weighted by atomic mass is 16.5. The third-order valence-electron chi connectivity index (χ3n) is 5.46. The Hall–Kier alpha value is -2.47. The number of phenols is 1. The summed E-state index contributed by atoms with van der Waals surface area (Å²) >= 11 is 0. The van der Waals surface area contributed by atoms with E-state index in [1.807, 2.05) is 19.9 Å². The Kier molecular flexibility index (Phi) is 5.98. The maximum Gasteiger partial charge on any atom is 0.173 e. The molecule has 0 saturated heterocycles. The largest absolute Gasteiger partial charge is 0.507 e. The average Bonchev–Trinajstić information content (AvgIpc) is 2.66. The summed E-state index contributed by atoms with van der Waals surface area (Å²) in [6.45, 7) is 4.00. The number of benzene rings is 1. The molecule has 3 rings (SSSR count). The number of allylic oxidation sites excluding steroid dienone is 3. The molecule has 3 atom stereocenters. The van der Waals surface area contributed by atoms with E-state index < -0.39 is 6.10 Å². The molecule has 1 saturated carbocycles. The van der Waals surface area contributed by atoms with Crippen LogP contribution in [-0.4, -0.2) is 42.4 Å². The third kappa shape index (κ3) is 3.74. The van der Waals surface area contributed by atoms with Gasteiger partial charge in [0, 0.05) is 18.1 Å². The lowest BCUT2D eigenvalue weighted by Crippen LogP contribution is -2.40. The second-order valence-electron chi connectivity index (χ2n) is 7.61. The first-order valence-corrected chi connectivity index (χ1v) is 9.55. The number of hydrogen-bond donors (Lipinski definition) is 2. The normalized spacial score (nSPS) is 24.0. The SMILES string of the molecule is COc1cc(O)c(C2=COC3CC(O)CCC3C2=O)c(OC)c1CC=C(C)C. The predicted molar refractivity (Wildman–Crippen MR) is 106 cm³/mol. The van der Waals surface area contributed by atoms with E-state index in [1.165, 1.54) is 26.5 Å². The number of rotatable bonds is 5. The molecule has 0 amide bonds. The van der Waals surface area contributed by atoms with E-state index in [2.05, 4.69) is 0 Å². The second kappa shape index (κ2) is 8.27. The molecule has 0 bridgehead atoms. The number of ketones is 1. The lowest BCUT2D eigenvalue weighted by molar-refractivity contribution is -0.126. The molecular formula is C22H28O6. The minimum absolute atomic E-state index is 0.0879. The van der Waals surface area contributed by atoms with Gasteiger partial charge in [0.25, 0.3) is 0 Å². The summed E-state index contributed by atoms with van der Waals surface area (Å²) in [6.07, 6.45) is 4.79. The van der Waals surface area contributed by atoms with Crippen LogP contribution in [0, 0.1) is 5.92 Å². The molecule has 3 unspecified atom stereocenters. The van der Waals surface area contributed by atoms with E-state index in [0.29, 0.717) is 48.3 Å². The van der Waals surface area contributed by atoms with Crippen molar-refractivity contribution in [1.29, 1.82) is 0 Å². The molecular weight excluding hydrogens is 360 g/mol. The standard InChI is InChI=1S/C22H28O6/c1-12(2)5-7-15-18(26-3)10-17(24)20(22(15)27-4)16-11-28-19-9-13(23)6-8-14(19)21(16)25/h5,10-11,13-14,19,23-24H,6-9H2,1-4H3. The Morgan fingerprint density at radius 3 is 2.68 bits per heavy atom. The third-order valence-corrected chi connectivity index (χ3v) is 5.46. The number of Topliss-reactive ketones (excluding diaryl/α,β-unsaturated/α-hetero) is 1. The van der Waals surface area contributed by atoms with E-state index in [-0.39, 0.29) is 23.6 Å². The topological polar surface area (TPSA) is 85.2 Å². The minimum atomic E-state index is -0.441. The summed E-state index contributed by atoms with van der Waals surface area (Å²) in [5.41, 5.74) is 2.52. The van der Waals surface area contributed by atoms with E-state index in [9.17, 15) is 15.0 Å². The zero-order valence-corrected chi connectivity index (χ0v) is 16.8. The number of aromatic hydroxyl groups is 1. The van der Waals surface area contributed by atoms with Crippen molar-refractivity contribution in [2.24, 2.45) is 5.92 Å². The highest BCUT2D eigenvalue weighted by Gasteiger charge is 2.41. The predicted octanol–water partition coefficient (Wildman–Crippen LogP) is 3.39. The number of aliphatic hydroxyl groups is 1. The number of carbonyl (C=O) groups excluding carboxylic acids is 1. The molecule has 2 N–H and O–H groups in total. The van der Waals surface area contributed by atoms with Gasteiger partial charge in [-0.05, 0) is 33.1 Å². The van der Waals surface area contributed by atoms with Crippen LogP contribution >= 0.6 is 0 Å². The van der Waals surface area contributed by atoms with Gasteiger partial charge in [-0.25, -0.2) is 0 Å². The van der Waals surface area contributed by atoms with Crippen molar-refractivity contribution >= 4 is 11.4 Å². The van der Waals surface area contributed by atoms with E-state index in [0.717, 1.165) is 11.1 Å². The van der Waals surface area contributed by atoms with Gasteiger partial charge < -0.3 is 24.4 Å². The first-order valence-electron chi connectivity index (χ1n) is 9.55. The first-order chi connectivity index (χ1) is 13.4. The monoisotopic (exact) mass is 388 g/mol. The molecule has 0 aromatic heterocycles. The highest BCUT2D eigenvalue weighted by molar-refractivity contribution is 6.23. The Labute approximate surface area is 165 Å². The molecule has 1 fully saturated rings. The molecule has 1 heterocycles. The summed E-state index contributed by atoms with van der Waals surface area (Å²) in [7, 11) is 3.05. The summed E-state index contributed by atoms with van der Waals surface area (Å²) in [6, 6.07) is 1.51. The van der Waals surface area contributed by atoms with Gasteiger partial charge in [-0.2, -0.15) is 0 Å². The number of phenolic OH excluding ortho intramolecular Hbond substituents is 1. The summed E-state index contributed by atoms with van der Waals surface area (Å²) in [4.78, 5) is 13.2. The van der Waals surface area contributed by atoms with Crippen LogP contribution in [0.25, 0.3) is 5.57 Å². The first kappa shape index (κ1) is 20.3. The van der Waals surface area contributed by atoms with E-state index in [4.69, 9.17) is 14.2 Å². The van der Waals surface area contributed by atoms with Crippen LogP contribution in [0.2, 0.25) is 0 Å². The molecule has 2 aliphatic rings. The maximum atomic E-state index is 13.2. The number of ether oxygens (including phenoxy) is 3. The Morgan fingerprint density at radius 2 is 2.04 bits per heavy atom. The molecule has 0 spiro atoms. The van der Waals surface area contributed by atoms with Crippen molar-refractivity contribution in [2.75, 3.05) is 14.2 Å². The fourth-order valence-electron chi connectivity index (χ4n) is 3.98. The van der Waals surface area contributed by atoms with Gasteiger partial charge in [-0.15, -0.1) is 0 Å². The van der Waals surface area contributed by atoms with Crippen molar-refractivity contribution in [2.45, 2.75) is 51.7 Å². The van der Waals surface area contributed by atoms with Crippen LogP contribution in [0.5, 0.6) is 17.2 Å². The Morgan fingerprint density at radius 1 is 1.29 bits per heavy atom. The molecule has 1 aromatic rings. The second-order valence-corrected chi connectivity index (χ2v) is 7.61. The van der Waals surface area contributed by atoms with Crippen LogP contribution in [0.4, 0.5) is 0 Å². The fourth-order valence-corrected chi connectivity index (χ4v) is 3.98. The number of hydrogen-bond acceptors (Lipinski definition) is 6. The molecule has 28 heavy (non-hydrogen) atoms. The smallest absolute Gasteiger partial charge is 0.173 e. The molecule has 1 aromatic carbocycles. The molecule has 1 aliphatic heterocycles. The van der Waals surface area contributed by atoms with Crippen LogP contribution in [0.15, 0.2) is 24.0 Å². The van der Waals surface area contributed by atoms with Crippen LogP contribution in [0.3, 0.4) is 0 Å². The van der Waals surface area contributed by atoms with Gasteiger partial charge >= 0.3 is 0 Å². The van der Waals surface area contributed by atoms with Crippen LogP contribution in [-0.2, 0) is 16.0 Å². The van der Waals surface area contributed by atoms with Gasteiger partial charge in [0.15, 0.2) is 5.78 Å². The van der Waals surface area contributed by atoms with Gasteiger partial charge in [-0.1, -0.05) is 11.6 Å². The minimum Gasteiger partial charge on any atom is -0.507 e. The number of methoxy groups -OCH3 is 2.